The maximum Gasteiger partial charge on any atom is 0.164 e. The van der Waals surface area contributed by atoms with Crippen molar-refractivity contribution in [2.24, 2.45) is 0 Å². The van der Waals surface area contributed by atoms with Crippen molar-refractivity contribution in [1.29, 1.82) is 0 Å². The minimum Gasteiger partial charge on any atom is -0.493 e. The highest BCUT2D eigenvalue weighted by Crippen LogP contribution is 2.45. The number of methoxy groups -OCH3 is 4. The number of hydrogen-bond acceptors (Lipinski definition) is 5. The average molecular weight is 386 g/mol. The number of Topliss-reactive ketones (excluding diaryl/α,β-unsaturated/α-hetero) is 1. The van der Waals surface area contributed by atoms with Gasteiger partial charge < -0.3 is 18.9 Å². The van der Waals surface area contributed by atoms with Gasteiger partial charge in [-0.15, -0.1) is 0 Å². The topological polar surface area (TPSA) is 54.0 Å². The molecule has 0 aliphatic rings. The fourth-order valence-electron chi connectivity index (χ4n) is 3.78. The lowest BCUT2D eigenvalue weighted by Gasteiger charge is -2.35. The molecule has 28 heavy (non-hydrogen) atoms. The summed E-state index contributed by atoms with van der Waals surface area (Å²) in [5, 5.41) is 0. The van der Waals surface area contributed by atoms with Crippen LogP contribution in [-0.4, -0.2) is 34.2 Å². The first-order valence-electron chi connectivity index (χ1n) is 9.14. The zero-order valence-electron chi connectivity index (χ0n) is 18.0. The van der Waals surface area contributed by atoms with Gasteiger partial charge in [0.15, 0.2) is 28.8 Å². The molecule has 5 nitrogen and oxygen atoms in total. The van der Waals surface area contributed by atoms with Crippen LogP contribution >= 0.6 is 0 Å². The summed E-state index contributed by atoms with van der Waals surface area (Å²) in [5.41, 5.74) is -0.127. The molecular weight excluding hydrogens is 356 g/mol. The lowest BCUT2D eigenvalue weighted by Crippen LogP contribution is -2.43. The van der Waals surface area contributed by atoms with E-state index in [1.54, 1.807) is 28.4 Å². The van der Waals surface area contributed by atoms with E-state index in [0.29, 0.717) is 23.0 Å². The molecule has 0 N–H and O–H groups in total. The molecule has 0 heterocycles. The van der Waals surface area contributed by atoms with Gasteiger partial charge in [-0.2, -0.15) is 0 Å². The molecule has 0 saturated carbocycles. The van der Waals surface area contributed by atoms with Gasteiger partial charge >= 0.3 is 0 Å². The second-order valence-electron chi connectivity index (χ2n) is 7.66. The van der Waals surface area contributed by atoms with E-state index in [2.05, 4.69) is 0 Å². The van der Waals surface area contributed by atoms with Gasteiger partial charge in [0, 0.05) is 11.1 Å². The highest BCUT2D eigenvalue weighted by atomic mass is 16.5. The van der Waals surface area contributed by atoms with E-state index in [0.717, 1.165) is 11.1 Å². The Morgan fingerprint density at radius 3 is 1.29 bits per heavy atom. The van der Waals surface area contributed by atoms with Crippen molar-refractivity contribution in [1.82, 2.24) is 0 Å². The van der Waals surface area contributed by atoms with Crippen LogP contribution in [0.1, 0.15) is 38.8 Å². The second kappa shape index (κ2) is 8.13. The molecule has 0 saturated heterocycles. The normalized spacial score (nSPS) is 11.7. The van der Waals surface area contributed by atoms with E-state index in [1.807, 2.05) is 64.1 Å². The summed E-state index contributed by atoms with van der Waals surface area (Å²) >= 11 is 0. The maximum absolute atomic E-state index is 13.8. The number of carbonyl (C=O) groups excluding carboxylic acids is 1. The van der Waals surface area contributed by atoms with Crippen molar-refractivity contribution in [2.75, 3.05) is 28.4 Å². The van der Waals surface area contributed by atoms with E-state index in [1.165, 1.54) is 0 Å². The Bertz CT molecular complexity index is 783. The molecule has 2 rings (SSSR count). The van der Waals surface area contributed by atoms with Crippen molar-refractivity contribution in [3.05, 3.63) is 47.5 Å². The number of hydrogen-bond donors (Lipinski definition) is 0. The fraction of sp³-hybridized carbons (Fsp3) is 0.435. The minimum absolute atomic E-state index is 0.0260. The largest absolute Gasteiger partial charge is 0.493 e. The van der Waals surface area contributed by atoms with Crippen LogP contribution in [0.25, 0.3) is 0 Å². The van der Waals surface area contributed by atoms with Crippen LogP contribution in [0.3, 0.4) is 0 Å². The van der Waals surface area contributed by atoms with Crippen LogP contribution < -0.4 is 18.9 Å². The predicted molar refractivity (Wildman–Crippen MR) is 110 cm³/mol. The van der Waals surface area contributed by atoms with Gasteiger partial charge in [0.1, 0.15) is 0 Å². The minimum atomic E-state index is -0.836. The Kier molecular flexibility index (Phi) is 6.27. The smallest absolute Gasteiger partial charge is 0.164 e. The number of carbonyl (C=O) groups is 1. The number of rotatable bonds is 8. The van der Waals surface area contributed by atoms with Gasteiger partial charge in [-0.25, -0.2) is 0 Å². The highest BCUT2D eigenvalue weighted by molar-refractivity contribution is 5.99. The van der Waals surface area contributed by atoms with Crippen molar-refractivity contribution in [3.8, 4) is 23.0 Å². The molecule has 0 fully saturated rings. The molecular formula is C23H30O5. The lowest BCUT2D eigenvalue weighted by atomic mass is 9.67. The van der Waals surface area contributed by atoms with Crippen molar-refractivity contribution >= 4 is 5.78 Å². The number of benzene rings is 2. The summed E-state index contributed by atoms with van der Waals surface area (Å²) in [6.45, 7) is 7.62. The zero-order chi connectivity index (χ0) is 21.1. The molecule has 0 unspecified atom stereocenters. The second-order valence-corrected chi connectivity index (χ2v) is 7.66. The monoisotopic (exact) mass is 386 g/mol. The summed E-state index contributed by atoms with van der Waals surface area (Å²) < 4.78 is 22.0. The Balaban J connectivity index is 2.61. The Labute approximate surface area is 167 Å². The third kappa shape index (κ3) is 3.53. The van der Waals surface area contributed by atoms with E-state index >= 15 is 0 Å². The first-order chi connectivity index (χ1) is 13.2. The lowest BCUT2D eigenvalue weighted by molar-refractivity contribution is -0.128. The number of ketones is 1. The van der Waals surface area contributed by atoms with E-state index in [4.69, 9.17) is 18.9 Å². The Hall–Kier alpha value is -2.69. The molecule has 0 amide bonds. The molecule has 2 aromatic rings. The van der Waals surface area contributed by atoms with Crippen LogP contribution in [-0.2, 0) is 15.6 Å². The number of ether oxygens (including phenoxy) is 4. The van der Waals surface area contributed by atoms with Crippen LogP contribution in [0, 0.1) is 0 Å². The molecule has 0 radical (unpaired) electrons. The summed E-state index contributed by atoms with van der Waals surface area (Å²) in [6, 6.07) is 11.2. The van der Waals surface area contributed by atoms with E-state index in [-0.39, 0.29) is 5.78 Å². The van der Waals surface area contributed by atoms with Crippen LogP contribution in [0.5, 0.6) is 23.0 Å². The molecule has 5 heteroatoms. The Morgan fingerprint density at radius 1 is 0.643 bits per heavy atom. The highest BCUT2D eigenvalue weighted by Gasteiger charge is 2.44. The Morgan fingerprint density at radius 2 is 1.00 bits per heavy atom. The van der Waals surface area contributed by atoms with Crippen molar-refractivity contribution < 1.29 is 23.7 Å². The molecule has 0 bridgehead atoms. The van der Waals surface area contributed by atoms with Crippen LogP contribution in [0.4, 0.5) is 0 Å². The predicted octanol–water partition coefficient (Wildman–Crippen LogP) is 4.55. The zero-order valence-corrected chi connectivity index (χ0v) is 18.0. The summed E-state index contributed by atoms with van der Waals surface area (Å²) in [7, 11) is 6.33. The average Bonchev–Trinajstić information content (AvgIpc) is 2.71. The maximum atomic E-state index is 13.8. The number of para-hydroxylation sites is 2. The molecule has 0 aliphatic heterocycles. The molecule has 152 valence electrons. The van der Waals surface area contributed by atoms with E-state index in [9.17, 15) is 4.79 Å². The third-order valence-electron chi connectivity index (χ3n) is 5.29. The summed E-state index contributed by atoms with van der Waals surface area (Å²) in [5.74, 6) is 2.35. The van der Waals surface area contributed by atoms with Gasteiger partial charge in [-0.3, -0.25) is 4.79 Å². The molecule has 0 atom stereocenters. The summed E-state index contributed by atoms with van der Waals surface area (Å²) in [6.07, 6.45) is 0. The molecule has 0 aromatic heterocycles. The summed E-state index contributed by atoms with van der Waals surface area (Å²) in [4.78, 5) is 13.8. The first kappa shape index (κ1) is 21.6. The molecule has 0 aliphatic carbocycles. The SMILES string of the molecule is COc1cccc(C(C)(C)C(=O)C(C)(C)c2cccc(OC)c2OC)c1OC. The third-order valence-corrected chi connectivity index (χ3v) is 5.29. The van der Waals surface area contributed by atoms with Crippen molar-refractivity contribution in [3.63, 3.8) is 0 Å². The van der Waals surface area contributed by atoms with Crippen LogP contribution in [0.2, 0.25) is 0 Å². The van der Waals surface area contributed by atoms with Gasteiger partial charge in [-0.05, 0) is 39.8 Å². The standard InChI is InChI=1S/C23H30O5/c1-22(2,15-11-9-13-17(25-5)19(15)27-7)21(24)23(3,4)16-12-10-14-18(26-6)20(16)28-8/h9-14H,1-8H3. The van der Waals surface area contributed by atoms with Gasteiger partial charge in [0.25, 0.3) is 0 Å². The fourth-order valence-corrected chi connectivity index (χ4v) is 3.78. The van der Waals surface area contributed by atoms with Gasteiger partial charge in [0.2, 0.25) is 0 Å². The van der Waals surface area contributed by atoms with Gasteiger partial charge in [0.05, 0.1) is 39.3 Å². The molecule has 2 aromatic carbocycles. The van der Waals surface area contributed by atoms with Crippen LogP contribution in [0.15, 0.2) is 36.4 Å². The van der Waals surface area contributed by atoms with E-state index < -0.39 is 10.8 Å². The first-order valence-corrected chi connectivity index (χ1v) is 9.14. The molecule has 0 spiro atoms. The van der Waals surface area contributed by atoms with Gasteiger partial charge in [-0.1, -0.05) is 24.3 Å². The quantitative estimate of drug-likeness (QED) is 0.666. The van der Waals surface area contributed by atoms with Crippen molar-refractivity contribution in [2.45, 2.75) is 38.5 Å².